The van der Waals surface area contributed by atoms with Crippen molar-refractivity contribution in [3.8, 4) is 6.07 Å². The number of hydrogen-bond acceptors (Lipinski definition) is 3. The van der Waals surface area contributed by atoms with Crippen LogP contribution in [0.25, 0.3) is 0 Å². The highest BCUT2D eigenvalue weighted by molar-refractivity contribution is 4.70. The van der Waals surface area contributed by atoms with Gasteiger partial charge >= 0.3 is 0 Å². The lowest BCUT2D eigenvalue weighted by Gasteiger charge is -2.23. The number of rotatable bonds is 6. The number of ether oxygens (including phenoxy) is 1. The molecule has 0 saturated heterocycles. The summed E-state index contributed by atoms with van der Waals surface area (Å²) in [6, 6.07) is 2.57. The van der Waals surface area contributed by atoms with Gasteiger partial charge in [-0.25, -0.2) is 0 Å². The molecule has 0 radical (unpaired) electrons. The Morgan fingerprint density at radius 2 is 2.25 bits per heavy atom. The van der Waals surface area contributed by atoms with E-state index < -0.39 is 0 Å². The predicted molar refractivity (Wildman–Crippen MR) is 48.8 cm³/mol. The summed E-state index contributed by atoms with van der Waals surface area (Å²) < 4.78 is 5.02. The maximum absolute atomic E-state index is 8.33. The van der Waals surface area contributed by atoms with Crippen LogP contribution < -0.4 is 0 Å². The molecule has 0 aromatic carbocycles. The maximum Gasteiger partial charge on any atom is 0.0622 e. The van der Waals surface area contributed by atoms with E-state index in [1.165, 1.54) is 0 Å². The van der Waals surface area contributed by atoms with Crippen LogP contribution in [0.15, 0.2) is 0 Å². The molecule has 3 heteroatoms. The lowest BCUT2D eigenvalue weighted by molar-refractivity contribution is 0.115. The van der Waals surface area contributed by atoms with Crippen molar-refractivity contribution in [3.63, 3.8) is 0 Å². The molecule has 0 aromatic heterocycles. The van der Waals surface area contributed by atoms with Gasteiger partial charge in [0.25, 0.3) is 0 Å². The average Bonchev–Trinajstić information content (AvgIpc) is 2.05. The van der Waals surface area contributed by atoms with E-state index in [4.69, 9.17) is 10.00 Å². The molecule has 0 N–H and O–H groups in total. The molecule has 0 heterocycles. The Hall–Kier alpha value is -0.590. The summed E-state index contributed by atoms with van der Waals surface area (Å²) in [7, 11) is 3.76. The molecule has 0 fully saturated rings. The van der Waals surface area contributed by atoms with E-state index in [9.17, 15) is 0 Å². The average molecular weight is 170 g/mol. The number of unbranched alkanes of at least 4 members (excludes halogenated alkanes) is 1. The first-order chi connectivity index (χ1) is 5.72. The first-order valence-electron chi connectivity index (χ1n) is 4.28. The zero-order valence-corrected chi connectivity index (χ0v) is 8.21. The Kier molecular flexibility index (Phi) is 6.73. The maximum atomic E-state index is 8.33. The van der Waals surface area contributed by atoms with Crippen LogP contribution in [0, 0.1) is 11.3 Å². The van der Waals surface area contributed by atoms with Gasteiger partial charge in [0.05, 0.1) is 12.7 Å². The molecule has 0 aliphatic heterocycles. The standard InChI is InChI=1S/C9H18N2O/c1-9(8-12-3)11(2)7-5-4-6-10/h9H,4-5,7-8H2,1-3H3. The molecule has 0 bridgehead atoms. The largest absolute Gasteiger partial charge is 0.383 e. The fraction of sp³-hybridized carbons (Fsp3) is 0.889. The minimum absolute atomic E-state index is 0.439. The van der Waals surface area contributed by atoms with Gasteiger partial charge in [0.2, 0.25) is 0 Å². The molecule has 0 aromatic rings. The normalized spacial score (nSPS) is 12.9. The molecule has 70 valence electrons. The monoisotopic (exact) mass is 170 g/mol. The second-order valence-corrected chi connectivity index (χ2v) is 3.05. The van der Waals surface area contributed by atoms with Gasteiger partial charge in [0.1, 0.15) is 0 Å². The van der Waals surface area contributed by atoms with Crippen LogP contribution in [-0.4, -0.2) is 38.3 Å². The van der Waals surface area contributed by atoms with Gasteiger partial charge in [-0.1, -0.05) is 0 Å². The minimum atomic E-state index is 0.439. The lowest BCUT2D eigenvalue weighted by Crippen LogP contribution is -2.33. The third kappa shape index (κ3) is 5.11. The number of nitrogens with zero attached hydrogens (tertiary/aromatic N) is 2. The predicted octanol–water partition coefficient (Wildman–Crippen LogP) is 1.26. The van der Waals surface area contributed by atoms with Crippen molar-refractivity contribution in [1.29, 1.82) is 5.26 Å². The molecule has 1 unspecified atom stereocenters. The van der Waals surface area contributed by atoms with Gasteiger partial charge in [0, 0.05) is 19.6 Å². The molecular weight excluding hydrogens is 152 g/mol. The van der Waals surface area contributed by atoms with E-state index >= 15 is 0 Å². The fourth-order valence-corrected chi connectivity index (χ4v) is 0.996. The van der Waals surface area contributed by atoms with Gasteiger partial charge in [-0.3, -0.25) is 0 Å². The molecule has 0 spiro atoms. The van der Waals surface area contributed by atoms with Gasteiger partial charge in [0.15, 0.2) is 0 Å². The highest BCUT2D eigenvalue weighted by Gasteiger charge is 2.06. The first kappa shape index (κ1) is 11.4. The van der Waals surface area contributed by atoms with E-state index in [-0.39, 0.29) is 0 Å². The zero-order chi connectivity index (χ0) is 9.40. The Morgan fingerprint density at radius 3 is 2.75 bits per heavy atom. The van der Waals surface area contributed by atoms with Crippen molar-refractivity contribution >= 4 is 0 Å². The molecule has 0 amide bonds. The molecule has 3 nitrogen and oxygen atoms in total. The molecular formula is C9H18N2O. The number of likely N-dealkylation sites (N-methyl/N-ethyl adjacent to an activating group) is 1. The summed E-state index contributed by atoms with van der Waals surface area (Å²) >= 11 is 0. The SMILES string of the molecule is COCC(C)N(C)CCCC#N. The molecule has 0 aliphatic carbocycles. The Bertz CT molecular complexity index is 142. The molecule has 0 aliphatic rings. The van der Waals surface area contributed by atoms with E-state index in [2.05, 4.69) is 24.9 Å². The van der Waals surface area contributed by atoms with Crippen LogP contribution in [-0.2, 0) is 4.74 Å². The fourth-order valence-electron chi connectivity index (χ4n) is 0.996. The summed E-state index contributed by atoms with van der Waals surface area (Å²) in [6.07, 6.45) is 1.59. The topological polar surface area (TPSA) is 36.3 Å². The van der Waals surface area contributed by atoms with Crippen molar-refractivity contribution in [2.45, 2.75) is 25.8 Å². The molecule has 1 atom stereocenters. The van der Waals surface area contributed by atoms with E-state index in [1.54, 1.807) is 7.11 Å². The molecule has 0 saturated carbocycles. The number of hydrogen-bond donors (Lipinski definition) is 0. The van der Waals surface area contributed by atoms with Crippen LogP contribution >= 0.6 is 0 Å². The summed E-state index contributed by atoms with van der Waals surface area (Å²) in [5.74, 6) is 0. The summed E-state index contributed by atoms with van der Waals surface area (Å²) in [4.78, 5) is 2.21. The molecule has 12 heavy (non-hydrogen) atoms. The quantitative estimate of drug-likeness (QED) is 0.563. The first-order valence-corrected chi connectivity index (χ1v) is 4.28. The second-order valence-electron chi connectivity index (χ2n) is 3.05. The van der Waals surface area contributed by atoms with Crippen LogP contribution in [0.4, 0.5) is 0 Å². The lowest BCUT2D eigenvalue weighted by atomic mass is 10.2. The van der Waals surface area contributed by atoms with Gasteiger partial charge in [-0.15, -0.1) is 0 Å². The van der Waals surface area contributed by atoms with Crippen molar-refractivity contribution in [1.82, 2.24) is 4.90 Å². The second kappa shape index (κ2) is 7.08. The van der Waals surface area contributed by atoms with Crippen molar-refractivity contribution in [3.05, 3.63) is 0 Å². The summed E-state index contributed by atoms with van der Waals surface area (Å²) in [5, 5.41) is 8.33. The highest BCUT2D eigenvalue weighted by Crippen LogP contribution is 1.98. The van der Waals surface area contributed by atoms with E-state index in [1.807, 2.05) is 0 Å². The van der Waals surface area contributed by atoms with Gasteiger partial charge < -0.3 is 9.64 Å². The Morgan fingerprint density at radius 1 is 1.58 bits per heavy atom. The minimum Gasteiger partial charge on any atom is -0.383 e. The smallest absolute Gasteiger partial charge is 0.0622 e. The Labute approximate surface area is 74.9 Å². The van der Waals surface area contributed by atoms with Crippen LogP contribution in [0.5, 0.6) is 0 Å². The van der Waals surface area contributed by atoms with E-state index in [0.29, 0.717) is 12.5 Å². The third-order valence-electron chi connectivity index (χ3n) is 1.96. The van der Waals surface area contributed by atoms with Crippen molar-refractivity contribution in [2.75, 3.05) is 27.3 Å². The Balaban J connectivity index is 3.43. The third-order valence-corrected chi connectivity index (χ3v) is 1.96. The summed E-state index contributed by atoms with van der Waals surface area (Å²) in [5.41, 5.74) is 0. The number of methoxy groups -OCH3 is 1. The molecule has 0 rings (SSSR count). The zero-order valence-electron chi connectivity index (χ0n) is 8.21. The van der Waals surface area contributed by atoms with Crippen molar-refractivity contribution in [2.24, 2.45) is 0 Å². The van der Waals surface area contributed by atoms with Gasteiger partial charge in [-0.2, -0.15) is 5.26 Å². The van der Waals surface area contributed by atoms with E-state index in [0.717, 1.165) is 19.6 Å². The van der Waals surface area contributed by atoms with Crippen molar-refractivity contribution < 1.29 is 4.74 Å². The van der Waals surface area contributed by atoms with Crippen LogP contribution in [0.3, 0.4) is 0 Å². The summed E-state index contributed by atoms with van der Waals surface area (Å²) in [6.45, 7) is 3.84. The van der Waals surface area contributed by atoms with Crippen LogP contribution in [0.2, 0.25) is 0 Å². The van der Waals surface area contributed by atoms with Crippen LogP contribution in [0.1, 0.15) is 19.8 Å². The number of nitriles is 1. The highest BCUT2D eigenvalue weighted by atomic mass is 16.5. The van der Waals surface area contributed by atoms with Gasteiger partial charge in [-0.05, 0) is 26.9 Å².